The lowest BCUT2D eigenvalue weighted by molar-refractivity contribution is -0.141. The number of pyridine rings is 2. The number of piperidine rings is 1. The van der Waals surface area contributed by atoms with Crippen LogP contribution in [0.15, 0.2) is 35.3 Å². The van der Waals surface area contributed by atoms with Gasteiger partial charge < -0.3 is 29.7 Å². The van der Waals surface area contributed by atoms with Gasteiger partial charge in [0.05, 0.1) is 17.9 Å². The molecule has 0 unspecified atom stereocenters. The molecule has 4 aromatic heterocycles. The first-order valence-electron chi connectivity index (χ1n) is 15.5. The first kappa shape index (κ1) is 33.9. The van der Waals surface area contributed by atoms with E-state index < -0.39 is 47.1 Å². The number of nitrogens with zero attached hydrogens (tertiary/aromatic N) is 9. The van der Waals surface area contributed by atoms with E-state index in [4.69, 9.17) is 11.6 Å². The minimum Gasteiger partial charge on any atom is -0.505 e. The molecule has 6 heterocycles. The number of piperazine rings is 1. The second-order valence-corrected chi connectivity index (χ2v) is 11.9. The molecule has 19 heteroatoms. The van der Waals surface area contributed by atoms with Gasteiger partial charge in [-0.25, -0.2) is 14.4 Å². The number of carbonyl (C=O) groups is 2. The number of anilines is 3. The molecule has 2 aliphatic heterocycles. The monoisotopic (exact) mass is 706 g/mol. The molecule has 2 saturated heterocycles. The van der Waals surface area contributed by atoms with Crippen molar-refractivity contribution < 1.29 is 32.3 Å². The molecule has 0 aliphatic carbocycles. The van der Waals surface area contributed by atoms with Gasteiger partial charge in [-0.3, -0.25) is 14.4 Å². The average molecular weight is 707 g/mol. The Labute approximate surface area is 280 Å². The van der Waals surface area contributed by atoms with Crippen LogP contribution in [-0.4, -0.2) is 96.4 Å². The van der Waals surface area contributed by atoms with Crippen molar-refractivity contribution in [1.29, 1.82) is 0 Å². The number of aromatic hydroxyl groups is 1. The lowest BCUT2D eigenvalue weighted by Crippen LogP contribution is -2.51. The van der Waals surface area contributed by atoms with Crippen molar-refractivity contribution in [2.75, 3.05) is 54.4 Å². The number of amides is 2. The summed E-state index contributed by atoms with van der Waals surface area (Å²) < 4.78 is 56.2. The number of hydrogen-bond donors (Lipinski definition) is 2. The summed E-state index contributed by atoms with van der Waals surface area (Å²) in [5.41, 5.74) is -1.38. The number of alkyl halides is 4. The molecule has 2 aliphatic rings. The van der Waals surface area contributed by atoms with Crippen LogP contribution in [0.5, 0.6) is 5.75 Å². The molecule has 6 rings (SSSR count). The van der Waals surface area contributed by atoms with Crippen LogP contribution in [0.2, 0.25) is 5.15 Å². The Morgan fingerprint density at radius 1 is 1.08 bits per heavy atom. The van der Waals surface area contributed by atoms with Gasteiger partial charge in [-0.1, -0.05) is 18.5 Å². The van der Waals surface area contributed by atoms with Crippen molar-refractivity contribution in [2.24, 2.45) is 0 Å². The zero-order valence-electron chi connectivity index (χ0n) is 26.1. The molecule has 0 spiro atoms. The third-order valence-electron chi connectivity index (χ3n) is 8.38. The van der Waals surface area contributed by atoms with Crippen LogP contribution < -0.4 is 20.7 Å². The van der Waals surface area contributed by atoms with Crippen LogP contribution in [-0.2, 0) is 23.9 Å². The van der Waals surface area contributed by atoms with Gasteiger partial charge in [-0.2, -0.15) is 22.7 Å². The van der Waals surface area contributed by atoms with Gasteiger partial charge in [0, 0.05) is 38.9 Å². The van der Waals surface area contributed by atoms with Gasteiger partial charge in [-0.05, 0) is 43.5 Å². The van der Waals surface area contributed by atoms with Gasteiger partial charge in [0.2, 0.25) is 17.6 Å². The average Bonchev–Trinajstić information content (AvgIpc) is 3.53. The van der Waals surface area contributed by atoms with E-state index in [0.717, 1.165) is 10.6 Å². The number of fused-ring (bicyclic) bond motifs is 1. The number of nitrogens with one attached hydrogen (secondary N) is 1. The van der Waals surface area contributed by atoms with E-state index >= 15 is 0 Å². The van der Waals surface area contributed by atoms with E-state index in [1.165, 1.54) is 27.8 Å². The van der Waals surface area contributed by atoms with Gasteiger partial charge in [0.15, 0.2) is 10.8 Å². The quantitative estimate of drug-likeness (QED) is 0.216. The third-order valence-corrected chi connectivity index (χ3v) is 8.67. The molecule has 2 amide bonds. The second kappa shape index (κ2) is 13.5. The van der Waals surface area contributed by atoms with Gasteiger partial charge >= 0.3 is 6.18 Å². The molecule has 4 aromatic rings. The standard InChI is InChI=1S/C30H31ClF4N10O4/c1-2-19-24(41-11-13-42(14-12-41)26(48)23-20(46)6-3-9-36-23)27(49)45-29(39-28(40-45)43-10-4-5-17(32)15-43)44(19)16-22(47)37-18-7-8-21(30(33,34)35)38-25(18)31/h3,6-9,17,46H,2,4-5,10-16H2,1H3,(H,37,47)/t17-/m0/s1. The van der Waals surface area contributed by atoms with Crippen molar-refractivity contribution in [1.82, 2.24) is 34.0 Å². The summed E-state index contributed by atoms with van der Waals surface area (Å²) in [4.78, 5) is 57.4. The molecule has 49 heavy (non-hydrogen) atoms. The largest absolute Gasteiger partial charge is 0.505 e. The van der Waals surface area contributed by atoms with Crippen LogP contribution >= 0.6 is 11.6 Å². The predicted molar refractivity (Wildman–Crippen MR) is 170 cm³/mol. The molecule has 1 atom stereocenters. The number of rotatable bonds is 7. The highest BCUT2D eigenvalue weighted by molar-refractivity contribution is 6.32. The molecule has 2 N–H and O–H groups in total. The van der Waals surface area contributed by atoms with E-state index in [-0.39, 0.29) is 73.7 Å². The van der Waals surface area contributed by atoms with Crippen LogP contribution in [0.1, 0.15) is 41.6 Å². The highest BCUT2D eigenvalue weighted by Crippen LogP contribution is 2.31. The lowest BCUT2D eigenvalue weighted by Gasteiger charge is -2.36. The fourth-order valence-electron chi connectivity index (χ4n) is 6.02. The van der Waals surface area contributed by atoms with E-state index in [2.05, 4.69) is 25.4 Å². The smallest absolute Gasteiger partial charge is 0.433 e. The van der Waals surface area contributed by atoms with Crippen molar-refractivity contribution >= 4 is 46.5 Å². The van der Waals surface area contributed by atoms with Crippen molar-refractivity contribution in [3.8, 4) is 5.75 Å². The molecule has 0 aromatic carbocycles. The third kappa shape index (κ3) is 6.81. The Balaban J connectivity index is 1.35. The number of carbonyl (C=O) groups excluding carboxylic acids is 2. The lowest BCUT2D eigenvalue weighted by atomic mass is 10.1. The molecular weight excluding hydrogens is 676 g/mol. The summed E-state index contributed by atoms with van der Waals surface area (Å²) in [5.74, 6) is -1.31. The maximum Gasteiger partial charge on any atom is 0.433 e. The SMILES string of the molecule is CCc1c(N2CCN(C(=O)c3ncccc3O)CC2)c(=O)n2nc(N3CCC[C@H](F)C3)nc2n1CC(=O)Nc1ccc(C(F)(F)F)nc1Cl. The Kier molecular flexibility index (Phi) is 9.32. The van der Waals surface area contributed by atoms with E-state index in [1.807, 2.05) is 0 Å². The molecule has 0 radical (unpaired) electrons. The van der Waals surface area contributed by atoms with Crippen molar-refractivity contribution in [2.45, 2.75) is 45.1 Å². The van der Waals surface area contributed by atoms with Crippen LogP contribution in [0.25, 0.3) is 5.78 Å². The first-order valence-corrected chi connectivity index (χ1v) is 15.9. The van der Waals surface area contributed by atoms with E-state index in [1.54, 1.807) is 16.7 Å². The maximum absolute atomic E-state index is 14.3. The topological polar surface area (TPSA) is 154 Å². The molecule has 0 saturated carbocycles. The molecular formula is C30H31ClF4N10O4. The molecule has 0 bridgehead atoms. The van der Waals surface area contributed by atoms with E-state index in [0.29, 0.717) is 31.1 Å². The van der Waals surface area contributed by atoms with Crippen LogP contribution in [0.3, 0.4) is 0 Å². The van der Waals surface area contributed by atoms with Gasteiger partial charge in [0.1, 0.15) is 29.8 Å². The highest BCUT2D eigenvalue weighted by atomic mass is 35.5. The van der Waals surface area contributed by atoms with E-state index in [9.17, 15) is 37.1 Å². The Morgan fingerprint density at radius 2 is 1.84 bits per heavy atom. The normalized spacial score (nSPS) is 17.1. The fourth-order valence-corrected chi connectivity index (χ4v) is 6.22. The zero-order valence-corrected chi connectivity index (χ0v) is 26.9. The van der Waals surface area contributed by atoms with Crippen molar-refractivity contribution in [3.05, 3.63) is 63.1 Å². The summed E-state index contributed by atoms with van der Waals surface area (Å²) in [6.45, 7) is 2.61. The molecule has 2 fully saturated rings. The number of halogens is 5. The Morgan fingerprint density at radius 3 is 2.49 bits per heavy atom. The fraction of sp³-hybridized carbons (Fsp3) is 0.433. The highest BCUT2D eigenvalue weighted by Gasteiger charge is 2.34. The summed E-state index contributed by atoms with van der Waals surface area (Å²) in [7, 11) is 0. The summed E-state index contributed by atoms with van der Waals surface area (Å²) >= 11 is 5.98. The minimum absolute atomic E-state index is 0.00724. The zero-order chi connectivity index (χ0) is 35.0. The van der Waals surface area contributed by atoms with Crippen LogP contribution in [0.4, 0.5) is 34.9 Å². The predicted octanol–water partition coefficient (Wildman–Crippen LogP) is 3.16. The van der Waals surface area contributed by atoms with Gasteiger partial charge in [0.25, 0.3) is 11.5 Å². The summed E-state index contributed by atoms with van der Waals surface area (Å²) in [6.07, 6.45) is -3.26. The minimum atomic E-state index is -4.74. The number of aromatic nitrogens is 6. The second-order valence-electron chi connectivity index (χ2n) is 11.6. The first-order chi connectivity index (χ1) is 23.3. The summed E-state index contributed by atoms with van der Waals surface area (Å²) in [5, 5.41) is 16.5. The summed E-state index contributed by atoms with van der Waals surface area (Å²) in [6, 6.07) is 4.55. The Bertz CT molecular complexity index is 1960. The number of hydrogen-bond acceptors (Lipinski definition) is 10. The Hall–Kier alpha value is -5.00. The molecule has 14 nitrogen and oxygen atoms in total. The van der Waals surface area contributed by atoms with Crippen LogP contribution in [0, 0.1) is 0 Å². The molecule has 260 valence electrons. The van der Waals surface area contributed by atoms with Crippen molar-refractivity contribution in [3.63, 3.8) is 0 Å². The van der Waals surface area contributed by atoms with Gasteiger partial charge in [-0.15, -0.1) is 5.10 Å². The maximum atomic E-state index is 14.3.